The fourth-order valence-electron chi connectivity index (χ4n) is 2.72. The Morgan fingerprint density at radius 2 is 2.26 bits per heavy atom. The summed E-state index contributed by atoms with van der Waals surface area (Å²) in [6.45, 7) is 3.25. The van der Waals surface area contributed by atoms with Gasteiger partial charge >= 0.3 is 0 Å². The highest BCUT2D eigenvalue weighted by Crippen LogP contribution is 2.31. The van der Waals surface area contributed by atoms with Gasteiger partial charge in [0.1, 0.15) is 10.7 Å². The molecule has 0 saturated carbocycles. The molecule has 0 amide bonds. The van der Waals surface area contributed by atoms with Crippen LogP contribution in [0.25, 0.3) is 0 Å². The maximum atomic E-state index is 13.6. The van der Waals surface area contributed by atoms with E-state index in [1.54, 1.807) is 6.92 Å². The number of benzene rings is 1. The zero-order chi connectivity index (χ0) is 17.0. The normalized spacial score (nSPS) is 20.0. The van der Waals surface area contributed by atoms with Crippen molar-refractivity contribution in [2.24, 2.45) is 5.92 Å². The van der Waals surface area contributed by atoms with Crippen molar-refractivity contribution < 1.29 is 22.7 Å². The van der Waals surface area contributed by atoms with Gasteiger partial charge in [-0.2, -0.15) is 0 Å². The first kappa shape index (κ1) is 18.1. The predicted molar refractivity (Wildman–Crippen MR) is 85.5 cm³/mol. The second-order valence-corrected chi connectivity index (χ2v) is 7.47. The Morgan fingerprint density at radius 1 is 1.52 bits per heavy atom. The molecule has 2 rings (SSSR count). The first-order chi connectivity index (χ1) is 10.8. The van der Waals surface area contributed by atoms with Gasteiger partial charge < -0.3 is 14.7 Å². The molecule has 0 bridgehead atoms. The van der Waals surface area contributed by atoms with Gasteiger partial charge in [0.2, 0.25) is 10.0 Å². The van der Waals surface area contributed by atoms with E-state index >= 15 is 0 Å². The molecule has 130 valence electrons. The molecule has 1 fully saturated rings. The standard InChI is InChI=1S/C15H23FN2O4S/c1-11(19)12-5-7-18(10-12)14-4-3-13(16)9-15(14)23(20,21)17-6-8-22-2/h3-4,9,11-12,17,19H,5-8,10H2,1-2H3. The van der Waals surface area contributed by atoms with Gasteiger partial charge in [-0.05, 0) is 31.5 Å². The summed E-state index contributed by atoms with van der Waals surface area (Å²) in [4.78, 5) is 1.79. The number of hydrogen-bond donors (Lipinski definition) is 2. The average molecular weight is 346 g/mol. The molecule has 1 saturated heterocycles. The van der Waals surface area contributed by atoms with Gasteiger partial charge in [-0.15, -0.1) is 0 Å². The lowest BCUT2D eigenvalue weighted by Gasteiger charge is -2.23. The predicted octanol–water partition coefficient (Wildman–Crippen LogP) is 0.957. The highest BCUT2D eigenvalue weighted by molar-refractivity contribution is 7.89. The molecule has 0 spiro atoms. The lowest BCUT2D eigenvalue weighted by molar-refractivity contribution is 0.136. The van der Waals surface area contributed by atoms with Crippen LogP contribution in [0.5, 0.6) is 0 Å². The summed E-state index contributed by atoms with van der Waals surface area (Å²) in [7, 11) is -2.36. The van der Waals surface area contributed by atoms with E-state index in [2.05, 4.69) is 4.72 Å². The van der Waals surface area contributed by atoms with E-state index in [0.717, 1.165) is 12.5 Å². The van der Waals surface area contributed by atoms with Crippen molar-refractivity contribution in [1.82, 2.24) is 4.72 Å². The summed E-state index contributed by atoms with van der Waals surface area (Å²) >= 11 is 0. The zero-order valence-corrected chi connectivity index (χ0v) is 14.1. The van der Waals surface area contributed by atoms with Crippen LogP contribution in [-0.2, 0) is 14.8 Å². The van der Waals surface area contributed by atoms with Crippen molar-refractivity contribution in [3.8, 4) is 0 Å². The zero-order valence-electron chi connectivity index (χ0n) is 13.3. The summed E-state index contributed by atoms with van der Waals surface area (Å²) < 4.78 is 45.7. The van der Waals surface area contributed by atoms with E-state index < -0.39 is 21.9 Å². The third-order valence-electron chi connectivity index (χ3n) is 4.06. The number of halogens is 1. The Hall–Kier alpha value is -1.22. The van der Waals surface area contributed by atoms with Crippen LogP contribution in [0, 0.1) is 11.7 Å². The van der Waals surface area contributed by atoms with Gasteiger partial charge in [-0.3, -0.25) is 0 Å². The van der Waals surface area contributed by atoms with Gasteiger partial charge in [0.15, 0.2) is 0 Å². The molecule has 8 heteroatoms. The Bertz CT molecular complexity index is 636. The molecule has 2 N–H and O–H groups in total. The van der Waals surface area contributed by atoms with Crippen LogP contribution < -0.4 is 9.62 Å². The van der Waals surface area contributed by atoms with E-state index in [1.807, 2.05) is 4.90 Å². The average Bonchev–Trinajstić information content (AvgIpc) is 2.97. The van der Waals surface area contributed by atoms with Gasteiger partial charge in [0.05, 0.1) is 18.4 Å². The molecule has 0 aliphatic carbocycles. The van der Waals surface area contributed by atoms with Gasteiger partial charge in [-0.1, -0.05) is 0 Å². The maximum Gasteiger partial charge on any atom is 0.242 e. The number of nitrogens with one attached hydrogen (secondary N) is 1. The van der Waals surface area contributed by atoms with E-state index in [4.69, 9.17) is 4.74 Å². The molecule has 1 heterocycles. The quantitative estimate of drug-likeness (QED) is 0.719. The molecule has 6 nitrogen and oxygen atoms in total. The van der Waals surface area contributed by atoms with Crippen LogP contribution in [0.2, 0.25) is 0 Å². The summed E-state index contributed by atoms with van der Waals surface area (Å²) in [5, 5.41) is 9.70. The van der Waals surface area contributed by atoms with Crippen molar-refractivity contribution in [3.05, 3.63) is 24.0 Å². The lowest BCUT2D eigenvalue weighted by Crippen LogP contribution is -2.30. The largest absolute Gasteiger partial charge is 0.393 e. The first-order valence-electron chi connectivity index (χ1n) is 7.56. The summed E-state index contributed by atoms with van der Waals surface area (Å²) in [6, 6.07) is 3.75. The van der Waals surface area contributed by atoms with E-state index in [-0.39, 0.29) is 24.0 Å². The molecule has 0 aromatic heterocycles. The number of nitrogens with zero attached hydrogens (tertiary/aromatic N) is 1. The maximum absolute atomic E-state index is 13.6. The molecule has 1 aromatic rings. The van der Waals surface area contributed by atoms with Crippen LogP contribution in [0.1, 0.15) is 13.3 Å². The highest BCUT2D eigenvalue weighted by Gasteiger charge is 2.30. The number of anilines is 1. The summed E-state index contributed by atoms with van der Waals surface area (Å²) in [6.07, 6.45) is 0.311. The fraction of sp³-hybridized carbons (Fsp3) is 0.600. The number of sulfonamides is 1. The van der Waals surface area contributed by atoms with Crippen molar-refractivity contribution in [1.29, 1.82) is 0 Å². The number of aliphatic hydroxyl groups is 1. The molecule has 2 unspecified atom stereocenters. The van der Waals surface area contributed by atoms with Crippen molar-refractivity contribution in [2.45, 2.75) is 24.3 Å². The molecule has 2 atom stereocenters. The number of aliphatic hydroxyl groups excluding tert-OH is 1. The second-order valence-electron chi connectivity index (χ2n) is 5.74. The summed E-state index contributed by atoms with van der Waals surface area (Å²) in [5.41, 5.74) is 0.458. The van der Waals surface area contributed by atoms with Crippen molar-refractivity contribution in [2.75, 3.05) is 38.3 Å². The highest BCUT2D eigenvalue weighted by atomic mass is 32.2. The first-order valence-corrected chi connectivity index (χ1v) is 9.04. The van der Waals surface area contributed by atoms with E-state index in [1.165, 1.54) is 19.2 Å². The molecule has 0 radical (unpaired) electrons. The lowest BCUT2D eigenvalue weighted by atomic mass is 10.0. The Balaban J connectivity index is 2.28. The van der Waals surface area contributed by atoms with Gasteiger partial charge in [0, 0.05) is 32.7 Å². The Kier molecular flexibility index (Phi) is 5.96. The molecular formula is C15H23FN2O4S. The van der Waals surface area contributed by atoms with E-state index in [0.29, 0.717) is 18.8 Å². The molecule has 1 aliphatic rings. The third kappa shape index (κ3) is 4.41. The minimum absolute atomic E-state index is 0.0806. The monoisotopic (exact) mass is 346 g/mol. The minimum Gasteiger partial charge on any atom is -0.393 e. The Labute approximate surface area is 136 Å². The number of ether oxygens (including phenoxy) is 1. The van der Waals surface area contributed by atoms with Crippen LogP contribution in [-0.4, -0.2) is 53.0 Å². The van der Waals surface area contributed by atoms with Crippen LogP contribution in [0.4, 0.5) is 10.1 Å². The summed E-state index contributed by atoms with van der Waals surface area (Å²) in [5.74, 6) is -0.524. The minimum atomic E-state index is -3.83. The topological polar surface area (TPSA) is 78.9 Å². The smallest absolute Gasteiger partial charge is 0.242 e. The third-order valence-corrected chi connectivity index (χ3v) is 5.55. The van der Waals surface area contributed by atoms with Crippen molar-refractivity contribution >= 4 is 15.7 Å². The van der Waals surface area contributed by atoms with Crippen LogP contribution in [0.15, 0.2) is 23.1 Å². The SMILES string of the molecule is COCCNS(=O)(=O)c1cc(F)ccc1N1CCC(C(C)O)C1. The fourth-order valence-corrected chi connectivity index (χ4v) is 3.97. The van der Waals surface area contributed by atoms with E-state index in [9.17, 15) is 17.9 Å². The molecular weight excluding hydrogens is 323 g/mol. The second kappa shape index (κ2) is 7.57. The number of methoxy groups -OCH3 is 1. The van der Waals surface area contributed by atoms with Gasteiger partial charge in [0.25, 0.3) is 0 Å². The molecule has 23 heavy (non-hydrogen) atoms. The van der Waals surface area contributed by atoms with Crippen LogP contribution in [0.3, 0.4) is 0 Å². The number of rotatable bonds is 7. The molecule has 1 aromatic carbocycles. The number of hydrogen-bond acceptors (Lipinski definition) is 5. The molecule has 1 aliphatic heterocycles. The van der Waals surface area contributed by atoms with Crippen molar-refractivity contribution in [3.63, 3.8) is 0 Å². The Morgan fingerprint density at radius 3 is 2.87 bits per heavy atom. The van der Waals surface area contributed by atoms with Crippen LogP contribution >= 0.6 is 0 Å². The van der Waals surface area contributed by atoms with Gasteiger partial charge in [-0.25, -0.2) is 17.5 Å².